The van der Waals surface area contributed by atoms with Gasteiger partial charge in [0.25, 0.3) is 0 Å². The summed E-state index contributed by atoms with van der Waals surface area (Å²) >= 11 is 0. The largest absolute Gasteiger partial charge is 0.472 e. The van der Waals surface area contributed by atoms with Crippen molar-refractivity contribution in [2.45, 2.75) is 33.6 Å². The molecule has 15 heavy (non-hydrogen) atoms. The summed E-state index contributed by atoms with van der Waals surface area (Å²) in [5, 5.41) is 3.50. The lowest BCUT2D eigenvalue weighted by molar-refractivity contribution is 0.425. The predicted octanol–water partition coefficient (Wildman–Crippen LogP) is 3.26. The van der Waals surface area contributed by atoms with Gasteiger partial charge in [0, 0.05) is 0 Å². The van der Waals surface area contributed by atoms with Crippen LogP contribution < -0.4 is 5.32 Å². The van der Waals surface area contributed by atoms with Gasteiger partial charge in [-0.3, -0.25) is 0 Å². The molecule has 0 aliphatic carbocycles. The first kappa shape index (κ1) is 12.3. The molecule has 0 amide bonds. The molecular weight excluding hydrogens is 186 g/mol. The summed E-state index contributed by atoms with van der Waals surface area (Å²) < 4.78 is 5.11. The third-order valence-corrected chi connectivity index (χ3v) is 2.94. The molecule has 2 unspecified atom stereocenters. The van der Waals surface area contributed by atoms with Crippen LogP contribution in [0.4, 0.5) is 0 Å². The highest BCUT2D eigenvalue weighted by Crippen LogP contribution is 2.23. The van der Waals surface area contributed by atoms with Gasteiger partial charge in [0.2, 0.25) is 0 Å². The maximum Gasteiger partial charge on any atom is 0.0937 e. The zero-order valence-corrected chi connectivity index (χ0v) is 10.3. The first-order valence-corrected chi connectivity index (χ1v) is 5.84. The van der Waals surface area contributed by atoms with Crippen LogP contribution in [0.25, 0.3) is 0 Å². The summed E-state index contributed by atoms with van der Waals surface area (Å²) in [5.41, 5.74) is 1.30. The first-order chi connectivity index (χ1) is 7.11. The summed E-state index contributed by atoms with van der Waals surface area (Å²) in [7, 11) is 0. The topological polar surface area (TPSA) is 25.2 Å². The van der Waals surface area contributed by atoms with Gasteiger partial charge in [-0.15, -0.1) is 0 Å². The van der Waals surface area contributed by atoms with E-state index in [1.54, 1.807) is 6.26 Å². The number of hydrogen-bond donors (Lipinski definition) is 1. The van der Waals surface area contributed by atoms with Crippen LogP contribution in [0, 0.1) is 11.8 Å². The van der Waals surface area contributed by atoms with Gasteiger partial charge in [0.1, 0.15) is 0 Å². The number of furan rings is 1. The molecule has 2 atom stereocenters. The van der Waals surface area contributed by atoms with Gasteiger partial charge in [-0.1, -0.05) is 27.7 Å². The minimum atomic E-state index is 0.559. The first-order valence-electron chi connectivity index (χ1n) is 5.84. The lowest BCUT2D eigenvalue weighted by Gasteiger charge is -2.19. The Bertz CT molecular complexity index is 254. The molecule has 0 fully saturated rings. The van der Waals surface area contributed by atoms with E-state index in [0.29, 0.717) is 11.8 Å². The average Bonchev–Trinajstić information content (AvgIpc) is 2.68. The molecule has 1 aromatic rings. The Kier molecular flexibility index (Phi) is 4.89. The zero-order valence-electron chi connectivity index (χ0n) is 10.3. The van der Waals surface area contributed by atoms with E-state index in [9.17, 15) is 0 Å². The molecule has 1 rings (SSSR count). The SMILES string of the molecule is CC(C)CNCC(C)C(C)c1ccoc1. The van der Waals surface area contributed by atoms with Crippen LogP contribution in [-0.4, -0.2) is 13.1 Å². The quantitative estimate of drug-likeness (QED) is 0.778. The van der Waals surface area contributed by atoms with Gasteiger partial charge in [-0.2, -0.15) is 0 Å². The molecule has 0 bridgehead atoms. The maximum atomic E-state index is 5.11. The fraction of sp³-hybridized carbons (Fsp3) is 0.692. The van der Waals surface area contributed by atoms with Crippen LogP contribution in [-0.2, 0) is 0 Å². The number of rotatable bonds is 6. The lowest BCUT2D eigenvalue weighted by Crippen LogP contribution is -2.27. The Morgan fingerprint density at radius 2 is 1.93 bits per heavy atom. The van der Waals surface area contributed by atoms with Crippen molar-refractivity contribution in [2.24, 2.45) is 11.8 Å². The summed E-state index contributed by atoms with van der Waals surface area (Å²) in [6.07, 6.45) is 3.60. The Balaban J connectivity index is 2.31. The van der Waals surface area contributed by atoms with Crippen molar-refractivity contribution in [1.82, 2.24) is 5.32 Å². The fourth-order valence-corrected chi connectivity index (χ4v) is 1.64. The van der Waals surface area contributed by atoms with E-state index in [1.807, 2.05) is 6.26 Å². The van der Waals surface area contributed by atoms with Gasteiger partial charge in [-0.25, -0.2) is 0 Å². The van der Waals surface area contributed by atoms with Gasteiger partial charge in [0.15, 0.2) is 0 Å². The highest BCUT2D eigenvalue weighted by Gasteiger charge is 2.14. The molecule has 0 spiro atoms. The minimum Gasteiger partial charge on any atom is -0.472 e. The molecule has 0 aliphatic heterocycles. The molecule has 1 N–H and O–H groups in total. The van der Waals surface area contributed by atoms with E-state index < -0.39 is 0 Å². The predicted molar refractivity (Wildman–Crippen MR) is 64.0 cm³/mol. The van der Waals surface area contributed by atoms with Crippen molar-refractivity contribution < 1.29 is 4.42 Å². The minimum absolute atomic E-state index is 0.559. The van der Waals surface area contributed by atoms with Gasteiger partial charge < -0.3 is 9.73 Å². The van der Waals surface area contributed by atoms with Crippen LogP contribution in [0.5, 0.6) is 0 Å². The molecule has 0 saturated heterocycles. The van der Waals surface area contributed by atoms with Crippen molar-refractivity contribution in [3.05, 3.63) is 24.2 Å². The molecule has 2 heteroatoms. The Morgan fingerprint density at radius 3 is 2.47 bits per heavy atom. The molecular formula is C13H23NO. The molecule has 0 saturated carbocycles. The molecule has 2 nitrogen and oxygen atoms in total. The van der Waals surface area contributed by atoms with Gasteiger partial charge >= 0.3 is 0 Å². The Hall–Kier alpha value is -0.760. The Morgan fingerprint density at radius 1 is 1.20 bits per heavy atom. The Labute approximate surface area is 93.1 Å². The molecule has 86 valence electrons. The standard InChI is InChI=1S/C13H23NO/c1-10(2)7-14-8-11(3)12(4)13-5-6-15-9-13/h5-6,9-12,14H,7-8H2,1-4H3. The second kappa shape index (κ2) is 5.96. The summed E-state index contributed by atoms with van der Waals surface area (Å²) in [6, 6.07) is 2.06. The smallest absolute Gasteiger partial charge is 0.0937 e. The van der Waals surface area contributed by atoms with Gasteiger partial charge in [-0.05, 0) is 42.5 Å². The van der Waals surface area contributed by atoms with Crippen molar-refractivity contribution in [3.63, 3.8) is 0 Å². The second-order valence-electron chi connectivity index (χ2n) is 4.87. The van der Waals surface area contributed by atoms with Crippen LogP contribution in [0.3, 0.4) is 0 Å². The molecule has 0 aromatic carbocycles. The monoisotopic (exact) mass is 209 g/mol. The van der Waals surface area contributed by atoms with Gasteiger partial charge in [0.05, 0.1) is 12.5 Å². The summed E-state index contributed by atoms with van der Waals surface area (Å²) in [6.45, 7) is 11.2. The lowest BCUT2D eigenvalue weighted by atomic mass is 9.90. The normalized spacial score (nSPS) is 15.5. The molecule has 1 aromatic heterocycles. The summed E-state index contributed by atoms with van der Waals surface area (Å²) in [5.74, 6) is 1.92. The van der Waals surface area contributed by atoms with Crippen LogP contribution in [0.15, 0.2) is 23.0 Å². The van der Waals surface area contributed by atoms with Crippen molar-refractivity contribution in [2.75, 3.05) is 13.1 Å². The zero-order chi connectivity index (χ0) is 11.3. The van der Waals surface area contributed by atoms with Crippen LogP contribution in [0.2, 0.25) is 0 Å². The van der Waals surface area contributed by atoms with E-state index in [2.05, 4.69) is 39.1 Å². The highest BCUT2D eigenvalue weighted by atomic mass is 16.3. The van der Waals surface area contributed by atoms with Crippen LogP contribution in [0.1, 0.15) is 39.2 Å². The van der Waals surface area contributed by atoms with E-state index in [1.165, 1.54) is 5.56 Å². The van der Waals surface area contributed by atoms with E-state index in [-0.39, 0.29) is 0 Å². The van der Waals surface area contributed by atoms with E-state index in [0.717, 1.165) is 19.0 Å². The maximum absolute atomic E-state index is 5.11. The van der Waals surface area contributed by atoms with E-state index in [4.69, 9.17) is 4.42 Å². The second-order valence-corrected chi connectivity index (χ2v) is 4.87. The number of nitrogens with one attached hydrogen (secondary N) is 1. The summed E-state index contributed by atoms with van der Waals surface area (Å²) in [4.78, 5) is 0. The number of hydrogen-bond acceptors (Lipinski definition) is 2. The van der Waals surface area contributed by atoms with Crippen molar-refractivity contribution >= 4 is 0 Å². The highest BCUT2D eigenvalue weighted by molar-refractivity contribution is 5.12. The third-order valence-electron chi connectivity index (χ3n) is 2.94. The van der Waals surface area contributed by atoms with Crippen molar-refractivity contribution in [3.8, 4) is 0 Å². The van der Waals surface area contributed by atoms with Crippen molar-refractivity contribution in [1.29, 1.82) is 0 Å². The molecule has 0 radical (unpaired) electrons. The average molecular weight is 209 g/mol. The molecule has 0 aliphatic rings. The molecule has 1 heterocycles. The third kappa shape index (κ3) is 4.08. The van der Waals surface area contributed by atoms with E-state index >= 15 is 0 Å². The van der Waals surface area contributed by atoms with Crippen LogP contribution >= 0.6 is 0 Å². The fourth-order valence-electron chi connectivity index (χ4n) is 1.64.